The van der Waals surface area contributed by atoms with E-state index in [0.717, 1.165) is 19.3 Å². The van der Waals surface area contributed by atoms with Gasteiger partial charge in [-0.2, -0.15) is 0 Å². The molecule has 110 valence electrons. The summed E-state index contributed by atoms with van der Waals surface area (Å²) < 4.78 is 5.20. The highest BCUT2D eigenvalue weighted by Gasteiger charge is 2.39. The number of carboxylic acid groups (broad SMARTS) is 1. The first-order valence-electron chi connectivity index (χ1n) is 6.96. The number of carbonyl (C=O) groups excluding carboxylic acids is 1. The predicted molar refractivity (Wildman–Crippen MR) is 71.0 cm³/mol. The molecule has 6 heteroatoms. The summed E-state index contributed by atoms with van der Waals surface area (Å²) in [7, 11) is 0. The number of carboxylic acids is 1. The van der Waals surface area contributed by atoms with Gasteiger partial charge in [-0.25, -0.2) is 4.79 Å². The van der Waals surface area contributed by atoms with Crippen LogP contribution in [0.3, 0.4) is 0 Å². The summed E-state index contributed by atoms with van der Waals surface area (Å²) >= 11 is 0. The van der Waals surface area contributed by atoms with Crippen LogP contribution in [-0.4, -0.2) is 54.4 Å². The lowest BCUT2D eigenvalue weighted by Crippen LogP contribution is -2.50. The van der Waals surface area contributed by atoms with E-state index in [-0.39, 0.29) is 18.7 Å². The molecular weight excluding hydrogens is 248 g/mol. The minimum Gasteiger partial charge on any atom is -0.481 e. The summed E-state index contributed by atoms with van der Waals surface area (Å²) in [6.45, 7) is 5.55. The van der Waals surface area contributed by atoms with Gasteiger partial charge in [-0.3, -0.25) is 4.79 Å². The number of amides is 2. The number of likely N-dealkylation sites (N-methyl/N-ethyl adjacent to an activating group) is 1. The Morgan fingerprint density at radius 1 is 1.32 bits per heavy atom. The normalized spacial score (nSPS) is 22.2. The molecular formula is C13H24N2O4. The van der Waals surface area contributed by atoms with Crippen molar-refractivity contribution in [3.63, 3.8) is 0 Å². The van der Waals surface area contributed by atoms with Crippen LogP contribution in [0.5, 0.6) is 0 Å². The van der Waals surface area contributed by atoms with Crippen LogP contribution in [-0.2, 0) is 9.53 Å². The van der Waals surface area contributed by atoms with Crippen LogP contribution in [0.1, 0.15) is 33.1 Å². The molecule has 0 aromatic heterocycles. The molecule has 1 saturated heterocycles. The van der Waals surface area contributed by atoms with Crippen LogP contribution < -0.4 is 5.32 Å². The number of nitrogens with zero attached hydrogens (tertiary/aromatic N) is 1. The lowest BCUT2D eigenvalue weighted by molar-refractivity contribution is -0.142. The molecule has 0 bridgehead atoms. The van der Waals surface area contributed by atoms with Crippen LogP contribution in [0.25, 0.3) is 0 Å². The minimum absolute atomic E-state index is 0.180. The minimum atomic E-state index is -0.903. The number of urea groups is 1. The standard InChI is InChI=1S/C13H24N2O4/c1-3-5-6-7-14-13(18)15(4-2)11-9-19-8-10(11)12(16)17/h10-11H,3-9H2,1-2H3,(H,14,18)(H,16,17). The zero-order valence-corrected chi connectivity index (χ0v) is 11.7. The van der Waals surface area contributed by atoms with E-state index in [2.05, 4.69) is 12.2 Å². The van der Waals surface area contributed by atoms with E-state index in [4.69, 9.17) is 9.84 Å². The zero-order chi connectivity index (χ0) is 14.3. The average Bonchev–Trinajstić information content (AvgIpc) is 2.85. The third-order valence-electron chi connectivity index (χ3n) is 3.43. The van der Waals surface area contributed by atoms with Gasteiger partial charge in [-0.15, -0.1) is 0 Å². The largest absolute Gasteiger partial charge is 0.481 e. The Labute approximate surface area is 114 Å². The highest BCUT2D eigenvalue weighted by Crippen LogP contribution is 2.20. The first-order chi connectivity index (χ1) is 9.11. The second kappa shape index (κ2) is 7.99. The number of aliphatic carboxylic acids is 1. The summed E-state index contributed by atoms with van der Waals surface area (Å²) in [5.41, 5.74) is 0. The maximum atomic E-state index is 12.1. The molecule has 1 rings (SSSR count). The Hall–Kier alpha value is -1.30. The van der Waals surface area contributed by atoms with Crippen molar-refractivity contribution in [1.82, 2.24) is 10.2 Å². The summed E-state index contributed by atoms with van der Waals surface area (Å²) in [5, 5.41) is 12.0. The summed E-state index contributed by atoms with van der Waals surface area (Å²) in [4.78, 5) is 24.7. The second-order valence-electron chi connectivity index (χ2n) is 4.77. The molecule has 1 aliphatic rings. The van der Waals surface area contributed by atoms with Gasteiger partial charge in [0.05, 0.1) is 19.3 Å². The van der Waals surface area contributed by atoms with E-state index in [1.54, 1.807) is 4.90 Å². The molecule has 0 spiro atoms. The fourth-order valence-electron chi connectivity index (χ4n) is 2.29. The van der Waals surface area contributed by atoms with Crippen molar-refractivity contribution in [2.24, 2.45) is 5.92 Å². The molecule has 0 aliphatic carbocycles. The smallest absolute Gasteiger partial charge is 0.317 e. The Bertz CT molecular complexity index is 309. The van der Waals surface area contributed by atoms with Gasteiger partial charge in [-0.05, 0) is 13.3 Å². The third kappa shape index (κ3) is 4.38. The molecule has 0 aromatic rings. The van der Waals surface area contributed by atoms with Gasteiger partial charge < -0.3 is 20.1 Å². The molecule has 2 unspecified atom stereocenters. The second-order valence-corrected chi connectivity index (χ2v) is 4.77. The molecule has 1 heterocycles. The van der Waals surface area contributed by atoms with E-state index in [1.807, 2.05) is 6.92 Å². The molecule has 2 amide bonds. The van der Waals surface area contributed by atoms with E-state index in [0.29, 0.717) is 19.7 Å². The Morgan fingerprint density at radius 3 is 2.63 bits per heavy atom. The van der Waals surface area contributed by atoms with Crippen molar-refractivity contribution in [2.45, 2.75) is 39.2 Å². The summed E-state index contributed by atoms with van der Waals surface area (Å²) in [6.07, 6.45) is 3.13. The van der Waals surface area contributed by atoms with E-state index in [1.165, 1.54) is 0 Å². The lowest BCUT2D eigenvalue weighted by Gasteiger charge is -2.29. The van der Waals surface area contributed by atoms with Crippen molar-refractivity contribution in [1.29, 1.82) is 0 Å². The number of ether oxygens (including phenoxy) is 1. The van der Waals surface area contributed by atoms with Gasteiger partial charge >= 0.3 is 12.0 Å². The van der Waals surface area contributed by atoms with Crippen LogP contribution in [0, 0.1) is 5.92 Å². The molecule has 19 heavy (non-hydrogen) atoms. The number of unbranched alkanes of at least 4 members (excludes halogenated alkanes) is 2. The van der Waals surface area contributed by atoms with Gasteiger partial charge in [-0.1, -0.05) is 19.8 Å². The van der Waals surface area contributed by atoms with Crippen LogP contribution in [0.2, 0.25) is 0 Å². The maximum absolute atomic E-state index is 12.1. The molecule has 2 atom stereocenters. The average molecular weight is 272 g/mol. The number of hydrogen-bond donors (Lipinski definition) is 2. The fraction of sp³-hybridized carbons (Fsp3) is 0.846. The molecule has 1 fully saturated rings. The van der Waals surface area contributed by atoms with Gasteiger partial charge in [0, 0.05) is 13.1 Å². The van der Waals surface area contributed by atoms with E-state index < -0.39 is 11.9 Å². The predicted octanol–water partition coefficient (Wildman–Crippen LogP) is 1.31. The molecule has 6 nitrogen and oxygen atoms in total. The van der Waals surface area contributed by atoms with Crippen molar-refractivity contribution in [2.75, 3.05) is 26.3 Å². The van der Waals surface area contributed by atoms with Gasteiger partial charge in [0.1, 0.15) is 5.92 Å². The summed E-state index contributed by atoms with van der Waals surface area (Å²) in [6, 6.07) is -0.561. The first kappa shape index (κ1) is 15.8. The summed E-state index contributed by atoms with van der Waals surface area (Å²) in [5.74, 6) is -1.53. The van der Waals surface area contributed by atoms with Gasteiger partial charge in [0.25, 0.3) is 0 Å². The zero-order valence-electron chi connectivity index (χ0n) is 11.7. The monoisotopic (exact) mass is 272 g/mol. The van der Waals surface area contributed by atoms with E-state index in [9.17, 15) is 9.59 Å². The van der Waals surface area contributed by atoms with Gasteiger partial charge in [0.15, 0.2) is 0 Å². The maximum Gasteiger partial charge on any atom is 0.317 e. The molecule has 0 saturated carbocycles. The molecule has 2 N–H and O–H groups in total. The fourth-order valence-corrected chi connectivity index (χ4v) is 2.29. The third-order valence-corrected chi connectivity index (χ3v) is 3.43. The highest BCUT2D eigenvalue weighted by atomic mass is 16.5. The Kier molecular flexibility index (Phi) is 6.62. The van der Waals surface area contributed by atoms with Crippen LogP contribution >= 0.6 is 0 Å². The number of nitrogens with one attached hydrogen (secondary N) is 1. The van der Waals surface area contributed by atoms with Crippen molar-refractivity contribution >= 4 is 12.0 Å². The number of hydrogen-bond acceptors (Lipinski definition) is 3. The lowest BCUT2D eigenvalue weighted by atomic mass is 10.0. The van der Waals surface area contributed by atoms with Crippen LogP contribution in [0.4, 0.5) is 4.79 Å². The highest BCUT2D eigenvalue weighted by molar-refractivity contribution is 5.77. The van der Waals surface area contributed by atoms with Crippen LogP contribution in [0.15, 0.2) is 0 Å². The quantitative estimate of drug-likeness (QED) is 0.685. The SMILES string of the molecule is CCCCCNC(=O)N(CC)C1COCC1C(=O)O. The Morgan fingerprint density at radius 2 is 2.05 bits per heavy atom. The molecule has 1 aliphatic heterocycles. The first-order valence-corrected chi connectivity index (χ1v) is 6.96. The Balaban J connectivity index is 2.51. The van der Waals surface area contributed by atoms with Crippen molar-refractivity contribution in [3.05, 3.63) is 0 Å². The van der Waals surface area contributed by atoms with Crippen molar-refractivity contribution in [3.8, 4) is 0 Å². The van der Waals surface area contributed by atoms with Gasteiger partial charge in [0.2, 0.25) is 0 Å². The van der Waals surface area contributed by atoms with Crippen molar-refractivity contribution < 1.29 is 19.4 Å². The topological polar surface area (TPSA) is 78.9 Å². The van der Waals surface area contributed by atoms with E-state index >= 15 is 0 Å². The molecule has 0 aromatic carbocycles. The number of rotatable bonds is 7. The number of carbonyl (C=O) groups is 2. The molecule has 0 radical (unpaired) electrons.